The number of azide groups is 1. The number of fused-ring (bicyclic) bond motifs is 3. The largest absolute Gasteiger partial charge is 0.449 e. The fourth-order valence-electron chi connectivity index (χ4n) is 3.59. The van der Waals surface area contributed by atoms with E-state index in [1.165, 1.54) is 0 Å². The molecular formula is C21H22N4O3. The Morgan fingerprint density at radius 2 is 1.68 bits per heavy atom. The zero-order chi connectivity index (χ0) is 20.1. The molecule has 0 aliphatic heterocycles. The molecule has 0 radical (unpaired) electrons. The van der Waals surface area contributed by atoms with E-state index in [0.29, 0.717) is 6.42 Å². The molecule has 0 unspecified atom stereocenters. The number of hydrogen-bond donors (Lipinski definition) is 1. The number of carbonyl (C=O) groups excluding carboxylic acids is 2. The number of rotatable bonds is 6. The molecule has 7 nitrogen and oxygen atoms in total. The van der Waals surface area contributed by atoms with Gasteiger partial charge in [0.05, 0.1) is 6.04 Å². The summed E-state index contributed by atoms with van der Waals surface area (Å²) in [7, 11) is 0. The van der Waals surface area contributed by atoms with Crippen molar-refractivity contribution in [3.63, 3.8) is 0 Å². The summed E-state index contributed by atoms with van der Waals surface area (Å²) < 4.78 is 5.44. The lowest BCUT2D eigenvalue weighted by atomic mass is 9.98. The van der Waals surface area contributed by atoms with Crippen molar-refractivity contribution in [2.75, 3.05) is 6.61 Å². The molecule has 0 aromatic heterocycles. The molecule has 2 aromatic carbocycles. The van der Waals surface area contributed by atoms with Crippen molar-refractivity contribution in [3.8, 4) is 11.1 Å². The summed E-state index contributed by atoms with van der Waals surface area (Å²) in [6, 6.07) is 15.2. The first kappa shape index (κ1) is 19.5. The minimum Gasteiger partial charge on any atom is -0.449 e. The van der Waals surface area contributed by atoms with E-state index in [2.05, 4.69) is 27.5 Å². The van der Waals surface area contributed by atoms with Crippen molar-refractivity contribution in [3.05, 3.63) is 70.1 Å². The molecule has 28 heavy (non-hydrogen) atoms. The van der Waals surface area contributed by atoms with Gasteiger partial charge in [0.25, 0.3) is 0 Å². The van der Waals surface area contributed by atoms with Crippen molar-refractivity contribution in [2.45, 2.75) is 32.2 Å². The SMILES string of the molecule is CC(C)C[C@H](NC(=O)OCC1c2ccccc2-c2ccccc21)C(=O)N=[N+]=[N-]. The van der Waals surface area contributed by atoms with E-state index in [4.69, 9.17) is 10.3 Å². The number of carbonyl (C=O) groups is 2. The Hall–Kier alpha value is -3.31. The third kappa shape index (κ3) is 4.15. The van der Waals surface area contributed by atoms with Crippen LogP contribution in [0.2, 0.25) is 0 Å². The molecule has 1 N–H and O–H groups in total. The third-order valence-corrected chi connectivity index (χ3v) is 4.78. The van der Waals surface area contributed by atoms with Gasteiger partial charge in [0.2, 0.25) is 5.91 Å². The second-order valence-electron chi connectivity index (χ2n) is 7.18. The van der Waals surface area contributed by atoms with Gasteiger partial charge < -0.3 is 10.1 Å². The molecule has 7 heteroatoms. The van der Waals surface area contributed by atoms with Crippen molar-refractivity contribution < 1.29 is 14.3 Å². The summed E-state index contributed by atoms with van der Waals surface area (Å²) in [4.78, 5) is 26.7. The van der Waals surface area contributed by atoms with E-state index in [0.717, 1.165) is 22.3 Å². The summed E-state index contributed by atoms with van der Waals surface area (Å²) in [6.07, 6.45) is -0.337. The molecule has 0 saturated heterocycles. The lowest BCUT2D eigenvalue weighted by molar-refractivity contribution is -0.120. The van der Waals surface area contributed by atoms with Crippen molar-refractivity contribution >= 4 is 12.0 Å². The zero-order valence-corrected chi connectivity index (χ0v) is 15.8. The van der Waals surface area contributed by atoms with Gasteiger partial charge in [0.1, 0.15) is 6.61 Å². The third-order valence-electron chi connectivity index (χ3n) is 4.78. The molecule has 0 spiro atoms. The standard InChI is InChI=1S/C21H22N4O3/c1-13(2)11-19(20(26)24-25-22)23-21(27)28-12-18-16-9-5-3-7-14(16)15-8-4-6-10-17(15)18/h3-10,13,18-19H,11-12H2,1-2H3,(H,23,27)/t19-/m0/s1. The minimum absolute atomic E-state index is 0.0606. The molecule has 0 heterocycles. The first-order valence-corrected chi connectivity index (χ1v) is 9.21. The molecule has 1 aliphatic rings. The summed E-state index contributed by atoms with van der Waals surface area (Å²) in [5.41, 5.74) is 13.0. The maximum Gasteiger partial charge on any atom is 0.407 e. The van der Waals surface area contributed by atoms with Crippen LogP contribution in [-0.4, -0.2) is 24.6 Å². The highest BCUT2D eigenvalue weighted by molar-refractivity contribution is 5.86. The topological polar surface area (TPSA) is 104 Å². The number of hydrogen-bond acceptors (Lipinski definition) is 3. The van der Waals surface area contributed by atoms with Crippen LogP contribution >= 0.6 is 0 Å². The Morgan fingerprint density at radius 3 is 2.21 bits per heavy atom. The monoisotopic (exact) mass is 378 g/mol. The Labute approximate surface area is 163 Å². The van der Waals surface area contributed by atoms with Gasteiger partial charge in [-0.15, -0.1) is 0 Å². The molecule has 0 bridgehead atoms. The highest BCUT2D eigenvalue weighted by Crippen LogP contribution is 2.44. The van der Waals surface area contributed by atoms with E-state index in [1.54, 1.807) is 0 Å². The Kier molecular flexibility index (Phi) is 5.96. The van der Waals surface area contributed by atoms with E-state index >= 15 is 0 Å². The zero-order valence-electron chi connectivity index (χ0n) is 15.8. The van der Waals surface area contributed by atoms with E-state index < -0.39 is 18.0 Å². The number of alkyl carbamates (subject to hydrolysis) is 1. The van der Waals surface area contributed by atoms with Gasteiger partial charge in [-0.2, -0.15) is 0 Å². The lowest BCUT2D eigenvalue weighted by Crippen LogP contribution is -2.41. The number of amides is 2. The summed E-state index contributed by atoms with van der Waals surface area (Å²) in [6.45, 7) is 3.98. The Bertz CT molecular complexity index is 889. The van der Waals surface area contributed by atoms with Crippen LogP contribution in [0.15, 0.2) is 53.6 Å². The Balaban J connectivity index is 1.70. The van der Waals surface area contributed by atoms with Crippen molar-refractivity contribution in [2.24, 2.45) is 11.0 Å². The van der Waals surface area contributed by atoms with Gasteiger partial charge in [-0.25, -0.2) is 4.79 Å². The summed E-state index contributed by atoms with van der Waals surface area (Å²) in [5.74, 6) is -0.643. The van der Waals surface area contributed by atoms with Gasteiger partial charge >= 0.3 is 6.09 Å². The average Bonchev–Trinajstić information content (AvgIpc) is 3.00. The number of ether oxygens (including phenoxy) is 1. The summed E-state index contributed by atoms with van der Waals surface area (Å²) >= 11 is 0. The molecule has 2 amide bonds. The van der Waals surface area contributed by atoms with Gasteiger partial charge in [-0.05, 0) is 45.2 Å². The minimum atomic E-state index is -0.897. The number of benzene rings is 2. The van der Waals surface area contributed by atoms with Gasteiger partial charge in [0.15, 0.2) is 0 Å². The van der Waals surface area contributed by atoms with Gasteiger partial charge in [0, 0.05) is 10.8 Å². The van der Waals surface area contributed by atoms with Gasteiger partial charge in [-0.1, -0.05) is 62.4 Å². The average molecular weight is 378 g/mol. The van der Waals surface area contributed by atoms with Crippen LogP contribution < -0.4 is 5.32 Å². The van der Waals surface area contributed by atoms with Gasteiger partial charge in [-0.3, -0.25) is 4.79 Å². The Morgan fingerprint density at radius 1 is 1.11 bits per heavy atom. The van der Waals surface area contributed by atoms with Crippen LogP contribution in [0.25, 0.3) is 21.6 Å². The molecule has 0 fully saturated rings. The van der Waals surface area contributed by atoms with E-state index in [1.807, 2.05) is 50.2 Å². The molecule has 144 valence electrons. The van der Waals surface area contributed by atoms with Crippen LogP contribution in [0.4, 0.5) is 4.79 Å². The lowest BCUT2D eigenvalue weighted by Gasteiger charge is -2.19. The molecule has 3 rings (SSSR count). The van der Waals surface area contributed by atoms with Crippen LogP contribution in [0.1, 0.15) is 37.3 Å². The maximum atomic E-state index is 12.3. The van der Waals surface area contributed by atoms with Crippen LogP contribution in [0.3, 0.4) is 0 Å². The maximum absolute atomic E-state index is 12.3. The molecular weight excluding hydrogens is 356 g/mol. The summed E-state index contributed by atoms with van der Waals surface area (Å²) in [5, 5.41) is 5.63. The highest BCUT2D eigenvalue weighted by atomic mass is 16.5. The molecule has 1 aliphatic carbocycles. The van der Waals surface area contributed by atoms with Crippen LogP contribution in [0, 0.1) is 5.92 Å². The fraction of sp³-hybridized carbons (Fsp3) is 0.333. The first-order chi connectivity index (χ1) is 13.5. The van der Waals surface area contributed by atoms with E-state index in [-0.39, 0.29) is 18.4 Å². The smallest absolute Gasteiger partial charge is 0.407 e. The predicted molar refractivity (Wildman–Crippen MR) is 106 cm³/mol. The molecule has 0 saturated carbocycles. The predicted octanol–water partition coefficient (Wildman–Crippen LogP) is 4.78. The van der Waals surface area contributed by atoms with Crippen LogP contribution in [0.5, 0.6) is 0 Å². The molecule has 2 aromatic rings. The van der Waals surface area contributed by atoms with E-state index in [9.17, 15) is 9.59 Å². The fourth-order valence-corrected chi connectivity index (χ4v) is 3.59. The number of nitrogens with one attached hydrogen (secondary N) is 1. The first-order valence-electron chi connectivity index (χ1n) is 9.21. The number of nitrogens with zero attached hydrogens (tertiary/aromatic N) is 3. The quantitative estimate of drug-likeness (QED) is 0.444. The second-order valence-corrected chi connectivity index (χ2v) is 7.18. The van der Waals surface area contributed by atoms with Crippen molar-refractivity contribution in [1.82, 2.24) is 5.32 Å². The van der Waals surface area contributed by atoms with Crippen molar-refractivity contribution in [1.29, 1.82) is 0 Å². The molecule has 1 atom stereocenters. The normalized spacial score (nSPS) is 13.2. The second kappa shape index (κ2) is 8.59. The van der Waals surface area contributed by atoms with Crippen LogP contribution in [-0.2, 0) is 9.53 Å². The highest BCUT2D eigenvalue weighted by Gasteiger charge is 2.29.